The lowest BCUT2D eigenvalue weighted by Crippen LogP contribution is -2.32. The van der Waals surface area contributed by atoms with Gasteiger partial charge in [-0.05, 0) is 17.7 Å². The number of pyridine rings is 1. The number of benzene rings is 1. The van der Waals surface area contributed by atoms with Crippen LogP contribution < -0.4 is 4.90 Å². The zero-order valence-corrected chi connectivity index (χ0v) is 15.8. The summed E-state index contributed by atoms with van der Waals surface area (Å²) in [5.41, 5.74) is 3.90. The van der Waals surface area contributed by atoms with E-state index < -0.39 is 0 Å². The molecule has 0 N–H and O–H groups in total. The first-order chi connectivity index (χ1) is 13.2. The van der Waals surface area contributed by atoms with E-state index in [9.17, 15) is 4.79 Å². The number of Topliss-reactive ketones (excluding diaryl/α,β-unsaturated/α-hetero) is 1. The Labute approximate surface area is 163 Å². The second-order valence-corrected chi connectivity index (χ2v) is 6.89. The summed E-state index contributed by atoms with van der Waals surface area (Å²) in [5, 5.41) is 0. The Hall–Kier alpha value is -2.73. The van der Waals surface area contributed by atoms with Gasteiger partial charge in [0, 0.05) is 49.5 Å². The smallest absolute Gasteiger partial charge is 0.167 e. The van der Waals surface area contributed by atoms with Crippen LogP contribution in [0.3, 0.4) is 0 Å². The Kier molecular flexibility index (Phi) is 5.16. The van der Waals surface area contributed by atoms with Crippen LogP contribution in [0.2, 0.25) is 0 Å². The lowest BCUT2D eigenvalue weighted by atomic mass is 10.0. The highest BCUT2D eigenvalue weighted by Gasteiger charge is 2.20. The van der Waals surface area contributed by atoms with Crippen LogP contribution in [0.4, 0.5) is 5.82 Å². The number of fused-ring (bicyclic) bond motifs is 1. The Morgan fingerprint density at radius 2 is 2.00 bits per heavy atom. The van der Waals surface area contributed by atoms with Crippen molar-refractivity contribution in [2.45, 2.75) is 25.1 Å². The number of hydrogen-bond acceptors (Lipinski definition) is 6. The normalized spacial score (nSPS) is 13.3. The van der Waals surface area contributed by atoms with Crippen LogP contribution in [-0.4, -0.2) is 27.3 Å². The van der Waals surface area contributed by atoms with Crippen molar-refractivity contribution in [1.29, 1.82) is 0 Å². The Morgan fingerprint density at radius 1 is 1.15 bits per heavy atom. The molecule has 27 heavy (non-hydrogen) atoms. The molecular formula is C21H20N4OS. The van der Waals surface area contributed by atoms with Crippen LogP contribution in [0.5, 0.6) is 0 Å². The molecular weight excluding hydrogens is 356 g/mol. The highest BCUT2D eigenvalue weighted by molar-refractivity contribution is 7.79. The lowest BCUT2D eigenvalue weighted by Gasteiger charge is -2.29. The monoisotopic (exact) mass is 376 g/mol. The van der Waals surface area contributed by atoms with Crippen molar-refractivity contribution < 1.29 is 4.79 Å². The number of aromatic nitrogens is 3. The molecule has 0 radical (unpaired) electrons. The van der Waals surface area contributed by atoms with E-state index in [1.165, 1.54) is 0 Å². The Bertz CT molecular complexity index is 961. The predicted molar refractivity (Wildman–Crippen MR) is 108 cm³/mol. The topological polar surface area (TPSA) is 59.0 Å². The van der Waals surface area contributed by atoms with Gasteiger partial charge in [-0.25, -0.2) is 15.0 Å². The number of thiol groups is 1. The summed E-state index contributed by atoms with van der Waals surface area (Å²) in [5.74, 6) is 2.23. The van der Waals surface area contributed by atoms with E-state index in [2.05, 4.69) is 32.5 Å². The van der Waals surface area contributed by atoms with Crippen molar-refractivity contribution in [2.24, 2.45) is 0 Å². The molecule has 1 aromatic carbocycles. The van der Waals surface area contributed by atoms with Crippen LogP contribution in [0.1, 0.15) is 33.0 Å². The Balaban J connectivity index is 1.51. The molecule has 0 fully saturated rings. The van der Waals surface area contributed by atoms with Crippen molar-refractivity contribution in [2.75, 3.05) is 11.4 Å². The first-order valence-electron chi connectivity index (χ1n) is 8.95. The van der Waals surface area contributed by atoms with Gasteiger partial charge in [-0.1, -0.05) is 30.3 Å². The molecule has 5 nitrogen and oxygen atoms in total. The van der Waals surface area contributed by atoms with Crippen molar-refractivity contribution in [3.05, 3.63) is 83.1 Å². The molecule has 0 spiro atoms. The molecule has 3 heterocycles. The van der Waals surface area contributed by atoms with E-state index in [4.69, 9.17) is 0 Å². The van der Waals surface area contributed by atoms with Gasteiger partial charge >= 0.3 is 0 Å². The summed E-state index contributed by atoms with van der Waals surface area (Å²) in [6.45, 7) is 1.52. The third-order valence-electron chi connectivity index (χ3n) is 4.72. The van der Waals surface area contributed by atoms with E-state index in [0.717, 1.165) is 41.4 Å². The molecule has 1 aliphatic heterocycles. The minimum absolute atomic E-state index is 0.101. The van der Waals surface area contributed by atoms with E-state index in [1.807, 2.05) is 42.6 Å². The summed E-state index contributed by atoms with van der Waals surface area (Å²) in [4.78, 5) is 28.2. The molecule has 0 unspecified atom stereocenters. The average Bonchev–Trinajstić information content (AvgIpc) is 2.73. The minimum Gasteiger partial charge on any atom is -0.352 e. The average molecular weight is 376 g/mol. The van der Waals surface area contributed by atoms with E-state index in [0.29, 0.717) is 24.3 Å². The molecule has 0 amide bonds. The third-order valence-corrected chi connectivity index (χ3v) is 5.01. The molecule has 6 heteroatoms. The summed E-state index contributed by atoms with van der Waals surface area (Å²) in [6, 6.07) is 13.5. The molecule has 4 rings (SSSR count). The second-order valence-electron chi connectivity index (χ2n) is 6.58. The van der Waals surface area contributed by atoms with Gasteiger partial charge in [-0.15, -0.1) is 0 Å². The highest BCUT2D eigenvalue weighted by atomic mass is 32.1. The first kappa shape index (κ1) is 17.7. The van der Waals surface area contributed by atoms with Gasteiger partial charge in [0.2, 0.25) is 0 Å². The lowest BCUT2D eigenvalue weighted by molar-refractivity contribution is 0.0993. The van der Waals surface area contributed by atoms with Crippen molar-refractivity contribution in [1.82, 2.24) is 15.0 Å². The predicted octanol–water partition coefficient (Wildman–Crippen LogP) is 3.29. The molecule has 0 atom stereocenters. The van der Waals surface area contributed by atoms with Gasteiger partial charge in [0.25, 0.3) is 0 Å². The van der Waals surface area contributed by atoms with E-state index >= 15 is 0 Å². The minimum atomic E-state index is 0.101. The number of anilines is 1. The standard InChI is InChI=1S/C21H20N4OS/c26-19(10-15-4-2-1-3-5-15)16-6-8-22-21(11-16)25-9-7-18-17(13-25)12-23-20(14-27)24-18/h1-6,8,11-12,27H,7,9-10,13-14H2. The SMILES string of the molecule is O=C(Cc1ccccc1)c1ccnc(N2CCc3nc(CS)ncc3C2)c1. The number of rotatable bonds is 5. The number of hydrogen-bond donors (Lipinski definition) is 1. The molecule has 1 aliphatic rings. The van der Waals surface area contributed by atoms with Crippen molar-refractivity contribution in [3.63, 3.8) is 0 Å². The molecule has 3 aromatic rings. The Morgan fingerprint density at radius 3 is 2.81 bits per heavy atom. The number of ketones is 1. The van der Waals surface area contributed by atoms with Crippen LogP contribution in [-0.2, 0) is 25.1 Å². The summed E-state index contributed by atoms with van der Waals surface area (Å²) >= 11 is 4.24. The van der Waals surface area contributed by atoms with Gasteiger partial charge in [-0.2, -0.15) is 12.6 Å². The van der Waals surface area contributed by atoms with Gasteiger partial charge in [0.15, 0.2) is 5.78 Å². The number of carbonyl (C=O) groups excluding carboxylic acids is 1. The molecule has 2 aromatic heterocycles. The van der Waals surface area contributed by atoms with Crippen LogP contribution in [0.25, 0.3) is 0 Å². The zero-order valence-electron chi connectivity index (χ0n) is 14.9. The molecule has 0 saturated heterocycles. The van der Waals surface area contributed by atoms with Crippen LogP contribution in [0.15, 0.2) is 54.9 Å². The second kappa shape index (κ2) is 7.88. The molecule has 0 saturated carbocycles. The molecule has 136 valence electrons. The maximum absolute atomic E-state index is 12.6. The van der Waals surface area contributed by atoms with Crippen LogP contribution in [0, 0.1) is 0 Å². The van der Waals surface area contributed by atoms with Crippen molar-refractivity contribution in [3.8, 4) is 0 Å². The quantitative estimate of drug-likeness (QED) is 0.547. The van der Waals surface area contributed by atoms with Gasteiger partial charge in [-0.3, -0.25) is 4.79 Å². The fraction of sp³-hybridized carbons (Fsp3) is 0.238. The summed E-state index contributed by atoms with van der Waals surface area (Å²) in [6.07, 6.45) is 4.82. The fourth-order valence-electron chi connectivity index (χ4n) is 3.28. The van der Waals surface area contributed by atoms with Gasteiger partial charge < -0.3 is 4.90 Å². The van der Waals surface area contributed by atoms with Gasteiger partial charge in [0.05, 0.1) is 11.4 Å². The number of carbonyl (C=O) groups is 1. The number of nitrogens with zero attached hydrogens (tertiary/aromatic N) is 4. The highest BCUT2D eigenvalue weighted by Crippen LogP contribution is 2.23. The van der Waals surface area contributed by atoms with Crippen molar-refractivity contribution >= 4 is 24.2 Å². The largest absolute Gasteiger partial charge is 0.352 e. The zero-order chi connectivity index (χ0) is 18.6. The third kappa shape index (κ3) is 4.01. The maximum atomic E-state index is 12.6. The van der Waals surface area contributed by atoms with Crippen LogP contribution >= 0.6 is 12.6 Å². The molecule has 0 bridgehead atoms. The first-order valence-corrected chi connectivity index (χ1v) is 9.59. The summed E-state index contributed by atoms with van der Waals surface area (Å²) in [7, 11) is 0. The summed E-state index contributed by atoms with van der Waals surface area (Å²) < 4.78 is 0. The molecule has 0 aliphatic carbocycles. The van der Waals surface area contributed by atoms with E-state index in [1.54, 1.807) is 12.3 Å². The van der Waals surface area contributed by atoms with E-state index in [-0.39, 0.29) is 5.78 Å². The fourth-order valence-corrected chi connectivity index (χ4v) is 3.43. The van der Waals surface area contributed by atoms with Gasteiger partial charge in [0.1, 0.15) is 11.6 Å². The maximum Gasteiger partial charge on any atom is 0.167 e.